The Hall–Kier alpha value is -1.79. The number of carbonyl (C=O) groups is 2. The maximum atomic E-state index is 13.9. The second-order valence-corrected chi connectivity index (χ2v) is 10.1. The summed E-state index contributed by atoms with van der Waals surface area (Å²) in [4.78, 5) is 29.1. The van der Waals surface area contributed by atoms with Crippen LogP contribution in [0, 0.1) is 11.3 Å². The first-order valence-corrected chi connectivity index (χ1v) is 11.7. The van der Waals surface area contributed by atoms with E-state index in [1.165, 1.54) is 5.56 Å². The summed E-state index contributed by atoms with van der Waals surface area (Å²) < 4.78 is 5.13. The van der Waals surface area contributed by atoms with Crippen LogP contribution in [0.5, 0.6) is 0 Å². The molecule has 1 aromatic carbocycles. The van der Waals surface area contributed by atoms with E-state index >= 15 is 0 Å². The molecule has 0 radical (unpaired) electrons. The molecule has 2 amide bonds. The lowest BCUT2D eigenvalue weighted by atomic mass is 9.61. The Labute approximate surface area is 191 Å². The Morgan fingerprint density at radius 1 is 1.35 bits per heavy atom. The highest BCUT2D eigenvalue weighted by Crippen LogP contribution is 2.47. The first-order valence-electron chi connectivity index (χ1n) is 11.3. The summed E-state index contributed by atoms with van der Waals surface area (Å²) >= 11 is 6.86. The molecule has 1 unspecified atom stereocenters. The minimum atomic E-state index is -1.09. The molecule has 6 nitrogen and oxygen atoms in total. The Bertz CT molecular complexity index is 826. The van der Waals surface area contributed by atoms with Crippen molar-refractivity contribution in [3.63, 3.8) is 0 Å². The molecule has 1 fully saturated rings. The highest BCUT2D eigenvalue weighted by Gasteiger charge is 2.61. The number of fused-ring (bicyclic) bond motifs is 1. The zero-order valence-corrected chi connectivity index (χ0v) is 20.1. The van der Waals surface area contributed by atoms with Crippen LogP contribution in [0.4, 0.5) is 5.69 Å². The van der Waals surface area contributed by atoms with Crippen molar-refractivity contribution in [3.05, 3.63) is 29.3 Å². The number of halogens is 1. The first kappa shape index (κ1) is 23.9. The second kappa shape index (κ2) is 9.37. The van der Waals surface area contributed by atoms with Gasteiger partial charge in [-0.05, 0) is 42.9 Å². The molecule has 1 aromatic rings. The van der Waals surface area contributed by atoms with Crippen molar-refractivity contribution in [2.24, 2.45) is 11.3 Å². The lowest BCUT2D eigenvalue weighted by Crippen LogP contribution is -2.76. The van der Waals surface area contributed by atoms with E-state index in [2.05, 4.69) is 10.6 Å². The van der Waals surface area contributed by atoms with Crippen molar-refractivity contribution in [2.45, 2.75) is 57.9 Å². The minimum absolute atomic E-state index is 0.0468. The number of anilines is 1. The quantitative estimate of drug-likeness (QED) is 0.469. The molecule has 2 aliphatic rings. The highest BCUT2D eigenvalue weighted by molar-refractivity contribution is 6.22. The maximum Gasteiger partial charge on any atom is 0.252 e. The third-order valence-electron chi connectivity index (χ3n) is 7.09. The largest absolute Gasteiger partial charge is 0.385 e. The molecule has 7 heteroatoms. The van der Waals surface area contributed by atoms with Gasteiger partial charge in [-0.3, -0.25) is 9.59 Å². The summed E-state index contributed by atoms with van der Waals surface area (Å²) in [6.07, 6.45) is 2.67. The van der Waals surface area contributed by atoms with E-state index in [1.807, 2.05) is 50.8 Å². The van der Waals surface area contributed by atoms with Gasteiger partial charge in [0.25, 0.3) is 5.91 Å². The Balaban J connectivity index is 1.90. The van der Waals surface area contributed by atoms with E-state index in [0.717, 1.165) is 31.5 Å². The molecule has 3 rings (SSSR count). The number of carbonyl (C=O) groups excluding carboxylic acids is 2. The number of alkyl halides is 1. The van der Waals surface area contributed by atoms with E-state index < -0.39 is 11.0 Å². The molecule has 0 aliphatic carbocycles. The van der Waals surface area contributed by atoms with Gasteiger partial charge in [-0.1, -0.05) is 33.8 Å². The van der Waals surface area contributed by atoms with Gasteiger partial charge in [0.15, 0.2) is 0 Å². The van der Waals surface area contributed by atoms with Gasteiger partial charge in [-0.2, -0.15) is 0 Å². The highest BCUT2D eigenvalue weighted by atomic mass is 35.5. The Morgan fingerprint density at radius 2 is 2.10 bits per heavy atom. The van der Waals surface area contributed by atoms with Crippen molar-refractivity contribution >= 4 is 29.1 Å². The fourth-order valence-corrected chi connectivity index (χ4v) is 5.39. The standard InChI is InChI=1S/C24H36ClN3O3/c1-16(2)24(27-21(29)18-9-8-17-10-11-26-19(17)14-18)22(30)28(12-6-7-13-31-5)15-20(25)23(24,3)4/h8-9,14,16,20,26H,6-7,10-13,15H2,1-5H3,(H,27,29)/t20?,24-/m0/s1. The van der Waals surface area contributed by atoms with Gasteiger partial charge in [-0.25, -0.2) is 0 Å². The van der Waals surface area contributed by atoms with Gasteiger partial charge < -0.3 is 20.3 Å². The van der Waals surface area contributed by atoms with Crippen LogP contribution >= 0.6 is 11.6 Å². The van der Waals surface area contributed by atoms with Gasteiger partial charge in [0.05, 0.1) is 5.38 Å². The van der Waals surface area contributed by atoms with E-state index in [9.17, 15) is 9.59 Å². The predicted molar refractivity (Wildman–Crippen MR) is 125 cm³/mol. The zero-order valence-electron chi connectivity index (χ0n) is 19.4. The average molecular weight is 450 g/mol. The number of hydrogen-bond acceptors (Lipinski definition) is 4. The number of amides is 2. The van der Waals surface area contributed by atoms with Crippen LogP contribution < -0.4 is 10.6 Å². The lowest BCUT2D eigenvalue weighted by Gasteiger charge is -2.56. The van der Waals surface area contributed by atoms with Crippen molar-refractivity contribution in [1.82, 2.24) is 10.2 Å². The zero-order chi connectivity index (χ0) is 22.8. The number of rotatable bonds is 8. The van der Waals surface area contributed by atoms with Gasteiger partial charge >= 0.3 is 0 Å². The smallest absolute Gasteiger partial charge is 0.252 e. The molecular weight excluding hydrogens is 414 g/mol. The summed E-state index contributed by atoms with van der Waals surface area (Å²) in [5, 5.41) is 6.21. The molecular formula is C24H36ClN3O3. The molecule has 0 spiro atoms. The predicted octanol–water partition coefficient (Wildman–Crippen LogP) is 3.68. The summed E-state index contributed by atoms with van der Waals surface area (Å²) in [6.45, 7) is 10.6. The van der Waals surface area contributed by atoms with Gasteiger partial charge in [-0.15, -0.1) is 11.6 Å². The molecule has 2 atom stereocenters. The molecule has 2 heterocycles. The van der Waals surface area contributed by atoms with E-state index in [0.29, 0.717) is 25.3 Å². The maximum absolute atomic E-state index is 13.9. The number of benzene rings is 1. The van der Waals surface area contributed by atoms with Crippen LogP contribution in [0.25, 0.3) is 0 Å². The molecule has 1 saturated heterocycles. The van der Waals surface area contributed by atoms with Crippen LogP contribution in [0.15, 0.2) is 18.2 Å². The van der Waals surface area contributed by atoms with E-state index in [-0.39, 0.29) is 23.1 Å². The molecule has 0 aromatic heterocycles. The molecule has 0 saturated carbocycles. The Kier molecular flexibility index (Phi) is 7.21. The van der Waals surface area contributed by atoms with Crippen LogP contribution in [-0.2, 0) is 16.0 Å². The minimum Gasteiger partial charge on any atom is -0.385 e. The third-order valence-corrected chi connectivity index (χ3v) is 7.77. The molecule has 31 heavy (non-hydrogen) atoms. The van der Waals surface area contributed by atoms with Crippen molar-refractivity contribution in [1.29, 1.82) is 0 Å². The van der Waals surface area contributed by atoms with Crippen molar-refractivity contribution < 1.29 is 14.3 Å². The average Bonchev–Trinajstić information content (AvgIpc) is 3.19. The number of hydrogen-bond donors (Lipinski definition) is 2. The monoisotopic (exact) mass is 449 g/mol. The fourth-order valence-electron chi connectivity index (χ4n) is 5.05. The van der Waals surface area contributed by atoms with Gasteiger partial charge in [0.1, 0.15) is 5.54 Å². The number of nitrogens with zero attached hydrogens (tertiary/aromatic N) is 1. The normalized spacial score (nSPS) is 24.8. The molecule has 172 valence electrons. The van der Waals surface area contributed by atoms with Crippen LogP contribution in [0.1, 0.15) is 56.5 Å². The van der Waals surface area contributed by atoms with Crippen LogP contribution in [-0.4, -0.2) is 61.0 Å². The van der Waals surface area contributed by atoms with Crippen molar-refractivity contribution in [3.8, 4) is 0 Å². The summed E-state index contributed by atoms with van der Waals surface area (Å²) in [5.41, 5.74) is 1.05. The number of methoxy groups -OCH3 is 1. The molecule has 2 aliphatic heterocycles. The number of ether oxygens (including phenoxy) is 1. The Morgan fingerprint density at radius 3 is 2.77 bits per heavy atom. The summed E-state index contributed by atoms with van der Waals surface area (Å²) in [6, 6.07) is 5.72. The van der Waals surface area contributed by atoms with Gasteiger partial charge in [0.2, 0.25) is 5.91 Å². The SMILES string of the molecule is COCCCCN1CC(Cl)C(C)(C)[C@](NC(=O)c2ccc3c(c2)NCC3)(C(C)C)C1=O. The molecule has 0 bridgehead atoms. The van der Waals surface area contributed by atoms with Crippen LogP contribution in [0.2, 0.25) is 0 Å². The van der Waals surface area contributed by atoms with Crippen molar-refractivity contribution in [2.75, 3.05) is 38.7 Å². The second-order valence-electron chi connectivity index (χ2n) is 9.61. The lowest BCUT2D eigenvalue weighted by molar-refractivity contribution is -0.153. The topological polar surface area (TPSA) is 70.7 Å². The third kappa shape index (κ3) is 4.29. The van der Waals surface area contributed by atoms with Crippen LogP contribution in [0.3, 0.4) is 0 Å². The number of nitrogens with one attached hydrogen (secondary N) is 2. The fraction of sp³-hybridized carbons (Fsp3) is 0.667. The van der Waals surface area contributed by atoms with Gasteiger partial charge in [0, 0.05) is 50.0 Å². The summed E-state index contributed by atoms with van der Waals surface area (Å²) in [5.74, 6) is -0.416. The number of piperidine rings is 1. The van der Waals surface area contributed by atoms with E-state index in [1.54, 1.807) is 7.11 Å². The first-order chi connectivity index (χ1) is 14.6. The molecule has 2 N–H and O–H groups in total. The summed E-state index contributed by atoms with van der Waals surface area (Å²) in [7, 11) is 1.68. The van der Waals surface area contributed by atoms with E-state index in [4.69, 9.17) is 16.3 Å². The number of likely N-dealkylation sites (tertiary alicyclic amines) is 1. The number of unbranched alkanes of at least 4 members (excludes halogenated alkanes) is 1.